The maximum Gasteiger partial charge on any atom is 0.257 e. The molecule has 0 aliphatic carbocycles. The summed E-state index contributed by atoms with van der Waals surface area (Å²) in [6, 6.07) is 10.0. The lowest BCUT2D eigenvalue weighted by atomic mass is 9.94. The van der Waals surface area contributed by atoms with Gasteiger partial charge in [0, 0.05) is 24.0 Å². The molecule has 0 radical (unpaired) electrons. The number of benzene rings is 1. The first-order chi connectivity index (χ1) is 14.3. The van der Waals surface area contributed by atoms with E-state index >= 15 is 0 Å². The molecule has 1 aliphatic rings. The van der Waals surface area contributed by atoms with E-state index in [0.717, 1.165) is 17.0 Å². The number of carbonyl (C=O) groups excluding carboxylic acids is 1. The molecule has 1 amide bonds. The second kappa shape index (κ2) is 8.58. The van der Waals surface area contributed by atoms with Crippen LogP contribution in [0.25, 0.3) is 10.6 Å². The standard InChI is InChI=1S/C21H23N3O3S3/c1-14-10-15(2)12-24(11-14)30(26,27)17-7-5-16(6-8-17)20(25)23-21-22-18(13-29-21)19-4-3-9-28-19/h3-9,13-15H,10-12H2,1-2H3,(H,22,23,25)/t14-,15+. The van der Waals surface area contributed by atoms with Gasteiger partial charge in [0.15, 0.2) is 5.13 Å². The fourth-order valence-corrected chi connectivity index (χ4v) is 6.91. The SMILES string of the molecule is C[C@@H]1C[C@H](C)CN(S(=O)(=O)c2ccc(C(=O)Nc3nc(-c4cccs4)cs3)cc2)C1. The lowest BCUT2D eigenvalue weighted by Crippen LogP contribution is -2.42. The normalized spacial score (nSPS) is 20.2. The third-order valence-corrected chi connectivity index (χ3v) is 8.58. The van der Waals surface area contributed by atoms with Crippen LogP contribution < -0.4 is 5.32 Å². The Kier molecular flexibility index (Phi) is 6.06. The average Bonchev–Trinajstić information content (AvgIpc) is 3.39. The zero-order valence-electron chi connectivity index (χ0n) is 16.7. The highest BCUT2D eigenvalue weighted by atomic mass is 32.2. The number of piperidine rings is 1. The molecule has 158 valence electrons. The van der Waals surface area contributed by atoms with Gasteiger partial charge in [-0.1, -0.05) is 19.9 Å². The minimum absolute atomic E-state index is 0.217. The number of amides is 1. The predicted molar refractivity (Wildman–Crippen MR) is 122 cm³/mol. The third kappa shape index (κ3) is 4.49. The predicted octanol–water partition coefficient (Wildman–Crippen LogP) is 4.79. The van der Waals surface area contributed by atoms with Gasteiger partial charge in [-0.05, 0) is 54.0 Å². The highest BCUT2D eigenvalue weighted by Crippen LogP contribution is 2.29. The summed E-state index contributed by atoms with van der Waals surface area (Å²) in [6.45, 7) is 5.22. The molecular formula is C21H23N3O3S3. The molecule has 0 saturated carbocycles. The lowest BCUT2D eigenvalue weighted by molar-refractivity contribution is 0.102. The molecule has 3 heterocycles. The number of sulfonamides is 1. The zero-order valence-corrected chi connectivity index (χ0v) is 19.2. The molecule has 0 bridgehead atoms. The van der Waals surface area contributed by atoms with E-state index in [0.29, 0.717) is 35.6 Å². The van der Waals surface area contributed by atoms with E-state index in [2.05, 4.69) is 24.1 Å². The van der Waals surface area contributed by atoms with Gasteiger partial charge in [0.2, 0.25) is 10.0 Å². The van der Waals surface area contributed by atoms with Crippen molar-refractivity contribution in [2.24, 2.45) is 11.8 Å². The Hall–Kier alpha value is -2.07. The van der Waals surface area contributed by atoms with Gasteiger partial charge >= 0.3 is 0 Å². The highest BCUT2D eigenvalue weighted by Gasteiger charge is 2.31. The van der Waals surface area contributed by atoms with Crippen LogP contribution in [-0.2, 0) is 10.0 Å². The number of aromatic nitrogens is 1. The molecule has 1 N–H and O–H groups in total. The summed E-state index contributed by atoms with van der Waals surface area (Å²) in [5, 5.41) is 7.18. The number of thiophene rings is 1. The molecule has 1 fully saturated rings. The van der Waals surface area contributed by atoms with E-state index in [1.807, 2.05) is 22.9 Å². The van der Waals surface area contributed by atoms with Crippen molar-refractivity contribution in [2.75, 3.05) is 18.4 Å². The first-order valence-corrected chi connectivity index (χ1v) is 12.9. The van der Waals surface area contributed by atoms with Crippen molar-refractivity contribution in [2.45, 2.75) is 25.2 Å². The first kappa shape index (κ1) is 21.2. The maximum absolute atomic E-state index is 13.0. The molecule has 6 nitrogen and oxygen atoms in total. The van der Waals surface area contributed by atoms with Crippen molar-refractivity contribution in [3.63, 3.8) is 0 Å². The van der Waals surface area contributed by atoms with E-state index in [9.17, 15) is 13.2 Å². The second-order valence-corrected chi connectivity index (χ2v) is 11.5. The minimum atomic E-state index is -3.56. The Labute approximate surface area is 184 Å². The van der Waals surface area contributed by atoms with Crippen LogP contribution in [0.4, 0.5) is 5.13 Å². The molecule has 1 aliphatic heterocycles. The second-order valence-electron chi connectivity index (χ2n) is 7.76. The van der Waals surface area contributed by atoms with Crippen LogP contribution in [-0.4, -0.2) is 36.7 Å². The number of hydrogen-bond acceptors (Lipinski definition) is 6. The highest BCUT2D eigenvalue weighted by molar-refractivity contribution is 7.89. The number of thiazole rings is 1. The molecule has 1 saturated heterocycles. The molecule has 30 heavy (non-hydrogen) atoms. The molecule has 0 spiro atoms. The quantitative estimate of drug-likeness (QED) is 0.592. The minimum Gasteiger partial charge on any atom is -0.298 e. The summed E-state index contributed by atoms with van der Waals surface area (Å²) in [4.78, 5) is 18.3. The molecule has 3 aromatic rings. The van der Waals surface area contributed by atoms with Crippen LogP contribution in [0.2, 0.25) is 0 Å². The summed E-state index contributed by atoms with van der Waals surface area (Å²) in [5.41, 5.74) is 1.22. The summed E-state index contributed by atoms with van der Waals surface area (Å²) in [5.74, 6) is 0.364. The Morgan fingerprint density at radius 1 is 1.10 bits per heavy atom. The Morgan fingerprint density at radius 3 is 2.43 bits per heavy atom. The number of nitrogens with one attached hydrogen (secondary N) is 1. The molecule has 9 heteroatoms. The third-order valence-electron chi connectivity index (χ3n) is 5.09. The Bertz CT molecular complexity index is 1110. The molecule has 1 aromatic carbocycles. The number of hydrogen-bond donors (Lipinski definition) is 1. The van der Waals surface area contributed by atoms with Gasteiger partial charge in [0.25, 0.3) is 5.91 Å². The summed E-state index contributed by atoms with van der Waals surface area (Å²) in [6.07, 6.45) is 1.04. The zero-order chi connectivity index (χ0) is 21.3. The van der Waals surface area contributed by atoms with Gasteiger partial charge in [-0.15, -0.1) is 22.7 Å². The van der Waals surface area contributed by atoms with Gasteiger partial charge in [-0.3, -0.25) is 10.1 Å². The Balaban J connectivity index is 1.46. The van der Waals surface area contributed by atoms with Gasteiger partial charge in [-0.2, -0.15) is 4.31 Å². The van der Waals surface area contributed by atoms with E-state index in [4.69, 9.17) is 0 Å². The number of rotatable bonds is 5. The lowest BCUT2D eigenvalue weighted by Gasteiger charge is -2.34. The largest absolute Gasteiger partial charge is 0.298 e. The number of anilines is 1. The number of carbonyl (C=O) groups is 1. The van der Waals surface area contributed by atoms with Crippen molar-refractivity contribution in [3.8, 4) is 10.6 Å². The van der Waals surface area contributed by atoms with Gasteiger partial charge < -0.3 is 0 Å². The monoisotopic (exact) mass is 461 g/mol. The summed E-state index contributed by atoms with van der Waals surface area (Å²) in [7, 11) is -3.56. The van der Waals surface area contributed by atoms with E-state index in [-0.39, 0.29) is 10.8 Å². The van der Waals surface area contributed by atoms with Crippen LogP contribution >= 0.6 is 22.7 Å². The van der Waals surface area contributed by atoms with Crippen molar-refractivity contribution >= 4 is 43.7 Å². The van der Waals surface area contributed by atoms with E-state index in [1.165, 1.54) is 23.5 Å². The van der Waals surface area contributed by atoms with E-state index in [1.54, 1.807) is 27.8 Å². The van der Waals surface area contributed by atoms with Gasteiger partial charge in [0.05, 0.1) is 15.5 Å². The maximum atomic E-state index is 13.0. The van der Waals surface area contributed by atoms with Crippen molar-refractivity contribution in [1.82, 2.24) is 9.29 Å². The van der Waals surface area contributed by atoms with Crippen LogP contribution in [0.5, 0.6) is 0 Å². The Morgan fingerprint density at radius 2 is 1.80 bits per heavy atom. The van der Waals surface area contributed by atoms with Crippen LogP contribution in [0.3, 0.4) is 0 Å². The molecular weight excluding hydrogens is 438 g/mol. The van der Waals surface area contributed by atoms with E-state index < -0.39 is 10.0 Å². The van der Waals surface area contributed by atoms with Gasteiger partial charge in [-0.25, -0.2) is 13.4 Å². The first-order valence-electron chi connectivity index (χ1n) is 9.74. The van der Waals surface area contributed by atoms with Crippen LogP contribution in [0.1, 0.15) is 30.6 Å². The van der Waals surface area contributed by atoms with Crippen molar-refractivity contribution < 1.29 is 13.2 Å². The fourth-order valence-electron chi connectivity index (χ4n) is 3.77. The topological polar surface area (TPSA) is 79.4 Å². The van der Waals surface area contributed by atoms with Gasteiger partial charge in [0.1, 0.15) is 0 Å². The fraction of sp³-hybridized carbons (Fsp3) is 0.333. The van der Waals surface area contributed by atoms with Crippen LogP contribution in [0.15, 0.2) is 52.1 Å². The average molecular weight is 462 g/mol. The number of nitrogens with zero attached hydrogens (tertiary/aromatic N) is 2. The molecule has 4 rings (SSSR count). The smallest absolute Gasteiger partial charge is 0.257 e. The summed E-state index contributed by atoms with van der Waals surface area (Å²) < 4.78 is 27.5. The summed E-state index contributed by atoms with van der Waals surface area (Å²) >= 11 is 2.95. The van der Waals surface area contributed by atoms with Crippen molar-refractivity contribution in [3.05, 3.63) is 52.7 Å². The molecule has 2 atom stereocenters. The molecule has 2 aromatic heterocycles. The van der Waals surface area contributed by atoms with Crippen LogP contribution in [0, 0.1) is 11.8 Å². The molecule has 0 unspecified atom stereocenters. The van der Waals surface area contributed by atoms with Crippen molar-refractivity contribution in [1.29, 1.82) is 0 Å².